The Balaban J connectivity index is 2.33. The first-order valence-electron chi connectivity index (χ1n) is 6.63. The average Bonchev–Trinajstić information content (AvgIpc) is 2.31. The van der Waals surface area contributed by atoms with Crippen molar-refractivity contribution in [3.8, 4) is 0 Å². The van der Waals surface area contributed by atoms with Crippen LogP contribution in [0.1, 0.15) is 45.4 Å². The van der Waals surface area contributed by atoms with Gasteiger partial charge >= 0.3 is 0 Å². The lowest BCUT2D eigenvalue weighted by atomic mass is 9.86. The quantitative estimate of drug-likeness (QED) is 0.721. The van der Waals surface area contributed by atoms with Gasteiger partial charge in [0, 0.05) is 12.5 Å². The molecule has 3 nitrogen and oxygen atoms in total. The number of carbonyl (C=O) groups is 1. The van der Waals surface area contributed by atoms with Gasteiger partial charge in [-0.1, -0.05) is 26.2 Å². The summed E-state index contributed by atoms with van der Waals surface area (Å²) in [7, 11) is 0. The van der Waals surface area contributed by atoms with Crippen molar-refractivity contribution in [2.75, 3.05) is 26.2 Å². The van der Waals surface area contributed by atoms with Crippen molar-refractivity contribution in [2.24, 2.45) is 5.92 Å². The molecule has 94 valence electrons. The van der Waals surface area contributed by atoms with Crippen LogP contribution in [0.2, 0.25) is 0 Å². The third-order valence-electron chi connectivity index (χ3n) is 3.40. The van der Waals surface area contributed by atoms with Crippen molar-refractivity contribution >= 4 is 5.78 Å². The zero-order chi connectivity index (χ0) is 11.8. The monoisotopic (exact) mass is 227 g/mol. The molecule has 0 heterocycles. The highest BCUT2D eigenvalue weighted by atomic mass is 16.3. The van der Waals surface area contributed by atoms with E-state index in [0.717, 1.165) is 25.8 Å². The summed E-state index contributed by atoms with van der Waals surface area (Å²) >= 11 is 0. The maximum atomic E-state index is 12.0. The van der Waals surface area contributed by atoms with Crippen molar-refractivity contribution in [2.45, 2.75) is 45.4 Å². The first-order valence-corrected chi connectivity index (χ1v) is 6.63. The van der Waals surface area contributed by atoms with Crippen LogP contribution >= 0.6 is 0 Å². The van der Waals surface area contributed by atoms with E-state index in [9.17, 15) is 4.79 Å². The predicted molar refractivity (Wildman–Crippen MR) is 65.4 cm³/mol. The van der Waals surface area contributed by atoms with E-state index in [2.05, 4.69) is 11.8 Å². The number of Topliss-reactive ketones (excluding diaryl/α,β-unsaturated/α-hetero) is 1. The van der Waals surface area contributed by atoms with Crippen LogP contribution in [0.25, 0.3) is 0 Å². The van der Waals surface area contributed by atoms with Crippen LogP contribution < -0.4 is 0 Å². The second kappa shape index (κ2) is 7.80. The van der Waals surface area contributed by atoms with Crippen molar-refractivity contribution in [3.05, 3.63) is 0 Å². The molecule has 0 bridgehead atoms. The molecule has 1 N–H and O–H groups in total. The Hall–Kier alpha value is -0.410. The van der Waals surface area contributed by atoms with Gasteiger partial charge in [-0.05, 0) is 25.8 Å². The average molecular weight is 227 g/mol. The molecule has 0 radical (unpaired) electrons. The van der Waals surface area contributed by atoms with E-state index in [1.807, 2.05) is 0 Å². The van der Waals surface area contributed by atoms with Gasteiger partial charge in [-0.15, -0.1) is 0 Å². The number of rotatable bonds is 7. The molecular formula is C13H25NO2. The zero-order valence-electron chi connectivity index (χ0n) is 10.5. The molecule has 16 heavy (non-hydrogen) atoms. The van der Waals surface area contributed by atoms with Crippen LogP contribution in [-0.2, 0) is 4.79 Å². The number of hydrogen-bond acceptors (Lipinski definition) is 3. The van der Waals surface area contributed by atoms with Gasteiger partial charge in [0.25, 0.3) is 0 Å². The zero-order valence-corrected chi connectivity index (χ0v) is 10.5. The summed E-state index contributed by atoms with van der Waals surface area (Å²) in [5.74, 6) is 0.688. The Kier molecular flexibility index (Phi) is 6.65. The molecule has 1 saturated carbocycles. The van der Waals surface area contributed by atoms with Gasteiger partial charge in [0.15, 0.2) is 0 Å². The topological polar surface area (TPSA) is 40.5 Å². The molecule has 0 unspecified atom stereocenters. The summed E-state index contributed by atoms with van der Waals surface area (Å²) in [6, 6.07) is 0. The van der Waals surface area contributed by atoms with E-state index < -0.39 is 0 Å². The minimum Gasteiger partial charge on any atom is -0.395 e. The minimum atomic E-state index is 0.151. The number of aliphatic hydroxyl groups is 1. The number of ketones is 1. The van der Waals surface area contributed by atoms with Crippen molar-refractivity contribution in [3.63, 3.8) is 0 Å². The molecule has 0 aliphatic heterocycles. The molecule has 1 rings (SSSR count). The maximum absolute atomic E-state index is 12.0. The SMILES string of the molecule is CCCN(CCO)CC(=O)C1CCCCC1. The first-order chi connectivity index (χ1) is 7.77. The third-order valence-corrected chi connectivity index (χ3v) is 3.40. The maximum Gasteiger partial charge on any atom is 0.149 e. The molecule has 1 aliphatic rings. The Morgan fingerprint density at radius 2 is 1.94 bits per heavy atom. The highest BCUT2D eigenvalue weighted by Crippen LogP contribution is 2.24. The second-order valence-corrected chi connectivity index (χ2v) is 4.80. The van der Waals surface area contributed by atoms with Crippen molar-refractivity contribution in [1.82, 2.24) is 4.90 Å². The summed E-state index contributed by atoms with van der Waals surface area (Å²) in [6.45, 7) is 4.35. The predicted octanol–water partition coefficient (Wildman–Crippen LogP) is 1.84. The molecular weight excluding hydrogens is 202 g/mol. The van der Waals surface area contributed by atoms with E-state index in [1.165, 1.54) is 19.3 Å². The largest absolute Gasteiger partial charge is 0.395 e. The van der Waals surface area contributed by atoms with Gasteiger partial charge in [0.05, 0.1) is 13.2 Å². The molecule has 0 aromatic rings. The fourth-order valence-corrected chi connectivity index (χ4v) is 2.50. The fourth-order valence-electron chi connectivity index (χ4n) is 2.50. The number of nitrogens with zero attached hydrogens (tertiary/aromatic N) is 1. The lowest BCUT2D eigenvalue weighted by Gasteiger charge is -2.25. The third kappa shape index (κ3) is 4.62. The van der Waals surface area contributed by atoms with Crippen LogP contribution in [0.3, 0.4) is 0 Å². The Morgan fingerprint density at radius 3 is 2.50 bits per heavy atom. The molecule has 0 spiro atoms. The second-order valence-electron chi connectivity index (χ2n) is 4.80. The van der Waals surface area contributed by atoms with E-state index >= 15 is 0 Å². The van der Waals surface area contributed by atoms with Crippen LogP contribution in [0.4, 0.5) is 0 Å². The lowest BCUT2D eigenvalue weighted by molar-refractivity contribution is -0.125. The minimum absolute atomic E-state index is 0.151. The summed E-state index contributed by atoms with van der Waals surface area (Å²) in [6.07, 6.45) is 6.92. The van der Waals surface area contributed by atoms with E-state index in [0.29, 0.717) is 24.8 Å². The normalized spacial score (nSPS) is 17.9. The smallest absolute Gasteiger partial charge is 0.149 e. The molecule has 0 aromatic carbocycles. The molecule has 0 saturated heterocycles. The number of aliphatic hydroxyl groups excluding tert-OH is 1. The van der Waals surface area contributed by atoms with E-state index in [1.54, 1.807) is 0 Å². The Bertz CT molecular complexity index is 194. The van der Waals surface area contributed by atoms with Gasteiger partial charge in [-0.25, -0.2) is 0 Å². The first kappa shape index (κ1) is 13.7. The van der Waals surface area contributed by atoms with Crippen LogP contribution in [0, 0.1) is 5.92 Å². The molecule has 1 fully saturated rings. The molecule has 0 aromatic heterocycles. The standard InChI is InChI=1S/C13H25NO2/c1-2-8-14(9-10-15)11-13(16)12-6-4-3-5-7-12/h12,15H,2-11H2,1H3. The van der Waals surface area contributed by atoms with Crippen LogP contribution in [0.5, 0.6) is 0 Å². The van der Waals surface area contributed by atoms with Crippen LogP contribution in [-0.4, -0.2) is 42.0 Å². The molecule has 0 atom stereocenters. The van der Waals surface area contributed by atoms with Crippen molar-refractivity contribution < 1.29 is 9.90 Å². The van der Waals surface area contributed by atoms with Crippen LogP contribution in [0.15, 0.2) is 0 Å². The Morgan fingerprint density at radius 1 is 1.25 bits per heavy atom. The van der Waals surface area contributed by atoms with Gasteiger partial charge < -0.3 is 5.11 Å². The molecule has 0 amide bonds. The summed E-state index contributed by atoms with van der Waals surface area (Å²) in [5.41, 5.74) is 0. The van der Waals surface area contributed by atoms with Gasteiger partial charge in [-0.3, -0.25) is 9.69 Å². The van der Waals surface area contributed by atoms with E-state index in [-0.39, 0.29) is 6.61 Å². The Labute approximate surface area is 98.8 Å². The molecule has 3 heteroatoms. The summed E-state index contributed by atoms with van der Waals surface area (Å²) in [4.78, 5) is 14.1. The lowest BCUT2D eigenvalue weighted by Crippen LogP contribution is -2.36. The highest BCUT2D eigenvalue weighted by molar-refractivity contribution is 5.83. The van der Waals surface area contributed by atoms with Gasteiger partial charge in [0.1, 0.15) is 5.78 Å². The number of carbonyl (C=O) groups excluding carboxylic acids is 1. The summed E-state index contributed by atoms with van der Waals surface area (Å²) in [5, 5.41) is 8.93. The van der Waals surface area contributed by atoms with Crippen molar-refractivity contribution in [1.29, 1.82) is 0 Å². The molecule has 1 aliphatic carbocycles. The van der Waals surface area contributed by atoms with Gasteiger partial charge in [0.2, 0.25) is 0 Å². The van der Waals surface area contributed by atoms with Gasteiger partial charge in [-0.2, -0.15) is 0 Å². The highest BCUT2D eigenvalue weighted by Gasteiger charge is 2.22. The number of hydrogen-bond donors (Lipinski definition) is 1. The van der Waals surface area contributed by atoms with E-state index in [4.69, 9.17) is 5.11 Å². The fraction of sp³-hybridized carbons (Fsp3) is 0.923. The summed E-state index contributed by atoms with van der Waals surface area (Å²) < 4.78 is 0.